The number of carbonyl (C=O) groups is 1. The number of aliphatic hydroxyl groups is 1. The molecule has 0 radical (unpaired) electrons. The van der Waals surface area contributed by atoms with Crippen LogP contribution in [0.2, 0.25) is 0 Å². The average molecular weight is 255 g/mol. The van der Waals surface area contributed by atoms with Gasteiger partial charge < -0.3 is 14.9 Å². The summed E-state index contributed by atoms with van der Waals surface area (Å²) in [6.45, 7) is 1.29. The highest BCUT2D eigenvalue weighted by atomic mass is 16.6. The molecule has 0 spiro atoms. The predicted octanol–water partition coefficient (Wildman–Crippen LogP) is 1.33. The molecule has 2 N–H and O–H groups in total. The number of carboxylic acids is 1. The van der Waals surface area contributed by atoms with Crippen molar-refractivity contribution in [3.63, 3.8) is 0 Å². The smallest absolute Gasteiger partial charge is 0.344 e. The fourth-order valence-corrected chi connectivity index (χ4v) is 1.36. The van der Waals surface area contributed by atoms with Crippen LogP contribution in [0.1, 0.15) is 18.9 Å². The van der Waals surface area contributed by atoms with Crippen molar-refractivity contribution in [1.29, 1.82) is 0 Å². The third-order valence-electron chi connectivity index (χ3n) is 2.32. The Labute approximate surface area is 103 Å². The van der Waals surface area contributed by atoms with Crippen LogP contribution in [-0.2, 0) is 11.4 Å². The Morgan fingerprint density at radius 3 is 2.67 bits per heavy atom. The second-order valence-corrected chi connectivity index (χ2v) is 3.57. The van der Waals surface area contributed by atoms with E-state index in [-0.39, 0.29) is 24.5 Å². The van der Waals surface area contributed by atoms with Crippen molar-refractivity contribution < 1.29 is 24.7 Å². The molecule has 0 aromatic heterocycles. The van der Waals surface area contributed by atoms with Crippen LogP contribution in [0.3, 0.4) is 0 Å². The molecule has 1 atom stereocenters. The second kappa shape index (κ2) is 5.97. The third-order valence-corrected chi connectivity index (χ3v) is 2.32. The van der Waals surface area contributed by atoms with Crippen molar-refractivity contribution in [3.05, 3.63) is 33.9 Å². The van der Waals surface area contributed by atoms with Crippen molar-refractivity contribution in [2.24, 2.45) is 0 Å². The molecule has 0 saturated heterocycles. The van der Waals surface area contributed by atoms with E-state index in [1.807, 2.05) is 0 Å². The normalized spacial score (nSPS) is 11.9. The molecule has 0 aliphatic rings. The van der Waals surface area contributed by atoms with Crippen molar-refractivity contribution in [2.45, 2.75) is 26.1 Å². The fourth-order valence-electron chi connectivity index (χ4n) is 1.36. The topological polar surface area (TPSA) is 110 Å². The molecule has 0 fully saturated rings. The van der Waals surface area contributed by atoms with Crippen LogP contribution < -0.4 is 4.74 Å². The zero-order chi connectivity index (χ0) is 13.7. The highest BCUT2D eigenvalue weighted by Crippen LogP contribution is 2.29. The number of hydrogen-bond donors (Lipinski definition) is 2. The van der Waals surface area contributed by atoms with E-state index in [9.17, 15) is 14.9 Å². The molecule has 7 heteroatoms. The van der Waals surface area contributed by atoms with E-state index >= 15 is 0 Å². The summed E-state index contributed by atoms with van der Waals surface area (Å²) in [5, 5.41) is 28.6. The molecule has 0 saturated carbocycles. The van der Waals surface area contributed by atoms with Gasteiger partial charge in [0.25, 0.3) is 0 Å². The summed E-state index contributed by atoms with van der Waals surface area (Å²) in [6.07, 6.45) is -0.979. The molecule has 18 heavy (non-hydrogen) atoms. The SMILES string of the molecule is CCC(Oc1cc(CO)ccc1[N+](=O)[O-])C(=O)O. The van der Waals surface area contributed by atoms with E-state index in [2.05, 4.69) is 0 Å². The standard InChI is InChI=1S/C11H13NO6/c1-2-9(11(14)15)18-10-5-7(6-13)3-4-8(10)12(16)17/h3-5,9,13H,2,6H2,1H3,(H,14,15). The van der Waals surface area contributed by atoms with Crippen molar-refractivity contribution in [3.8, 4) is 5.75 Å². The summed E-state index contributed by atoms with van der Waals surface area (Å²) >= 11 is 0. The summed E-state index contributed by atoms with van der Waals surface area (Å²) in [5.74, 6) is -1.35. The molecule has 1 aromatic rings. The zero-order valence-electron chi connectivity index (χ0n) is 9.70. The zero-order valence-corrected chi connectivity index (χ0v) is 9.70. The maximum absolute atomic E-state index is 10.8. The first-order chi connectivity index (χ1) is 8.49. The van der Waals surface area contributed by atoms with Crippen LogP contribution >= 0.6 is 0 Å². The number of nitrogens with zero attached hydrogens (tertiary/aromatic N) is 1. The lowest BCUT2D eigenvalue weighted by atomic mass is 10.2. The molecular weight excluding hydrogens is 242 g/mol. The van der Waals surface area contributed by atoms with E-state index < -0.39 is 17.0 Å². The minimum atomic E-state index is -1.19. The van der Waals surface area contributed by atoms with Crippen molar-refractivity contribution in [1.82, 2.24) is 0 Å². The Hall–Kier alpha value is -2.15. The molecule has 0 bridgehead atoms. The molecule has 0 aliphatic heterocycles. The summed E-state index contributed by atoms with van der Waals surface area (Å²) in [4.78, 5) is 20.9. The van der Waals surface area contributed by atoms with Gasteiger partial charge in [-0.3, -0.25) is 10.1 Å². The predicted molar refractivity (Wildman–Crippen MR) is 61.4 cm³/mol. The highest BCUT2D eigenvalue weighted by molar-refractivity contribution is 5.73. The first-order valence-corrected chi connectivity index (χ1v) is 5.27. The summed E-state index contributed by atoms with van der Waals surface area (Å²) in [6, 6.07) is 3.83. The molecule has 7 nitrogen and oxygen atoms in total. The third kappa shape index (κ3) is 3.17. The van der Waals surface area contributed by atoms with Gasteiger partial charge in [0.05, 0.1) is 11.5 Å². The van der Waals surface area contributed by atoms with Crippen LogP contribution in [0.15, 0.2) is 18.2 Å². The highest BCUT2D eigenvalue weighted by Gasteiger charge is 2.23. The Morgan fingerprint density at radius 2 is 2.22 bits per heavy atom. The Morgan fingerprint density at radius 1 is 1.56 bits per heavy atom. The number of aliphatic hydroxyl groups excluding tert-OH is 1. The van der Waals surface area contributed by atoms with Gasteiger partial charge >= 0.3 is 11.7 Å². The second-order valence-electron chi connectivity index (χ2n) is 3.57. The quantitative estimate of drug-likeness (QED) is 0.586. The Balaban J connectivity index is 3.11. The first kappa shape index (κ1) is 13.9. The summed E-state index contributed by atoms with van der Waals surface area (Å²) in [5.41, 5.74) is 0.0859. The molecule has 98 valence electrons. The molecule has 0 heterocycles. The number of benzene rings is 1. The number of aliphatic carboxylic acids is 1. The average Bonchev–Trinajstić information content (AvgIpc) is 2.34. The lowest BCUT2D eigenvalue weighted by Crippen LogP contribution is -2.26. The van der Waals surface area contributed by atoms with Gasteiger partial charge in [0, 0.05) is 6.07 Å². The summed E-state index contributed by atoms with van der Waals surface area (Å²) < 4.78 is 5.11. The van der Waals surface area contributed by atoms with Gasteiger partial charge in [-0.25, -0.2) is 4.79 Å². The van der Waals surface area contributed by atoms with Gasteiger partial charge in [-0.1, -0.05) is 6.92 Å². The number of nitro benzene ring substituents is 1. The van der Waals surface area contributed by atoms with Crippen LogP contribution in [0.25, 0.3) is 0 Å². The molecular formula is C11H13NO6. The van der Waals surface area contributed by atoms with E-state index in [1.54, 1.807) is 6.92 Å². The van der Waals surface area contributed by atoms with E-state index in [0.29, 0.717) is 5.56 Å². The number of hydrogen-bond acceptors (Lipinski definition) is 5. The number of rotatable bonds is 6. The molecule has 1 aromatic carbocycles. The molecule has 1 unspecified atom stereocenters. The monoisotopic (exact) mass is 255 g/mol. The van der Waals surface area contributed by atoms with Crippen LogP contribution in [0.5, 0.6) is 5.75 Å². The van der Waals surface area contributed by atoms with E-state index in [4.69, 9.17) is 14.9 Å². The van der Waals surface area contributed by atoms with Crippen LogP contribution in [0, 0.1) is 10.1 Å². The first-order valence-electron chi connectivity index (χ1n) is 5.27. The van der Waals surface area contributed by atoms with Gasteiger partial charge in [0.1, 0.15) is 0 Å². The van der Waals surface area contributed by atoms with E-state index in [1.165, 1.54) is 18.2 Å². The van der Waals surface area contributed by atoms with Gasteiger partial charge in [-0.2, -0.15) is 0 Å². The summed E-state index contributed by atoms with van der Waals surface area (Å²) in [7, 11) is 0. The fraction of sp³-hybridized carbons (Fsp3) is 0.364. The number of ether oxygens (including phenoxy) is 1. The van der Waals surface area contributed by atoms with E-state index in [0.717, 1.165) is 0 Å². The number of carboxylic acid groups (broad SMARTS) is 1. The maximum atomic E-state index is 10.8. The molecule has 1 rings (SSSR count). The lowest BCUT2D eigenvalue weighted by Gasteiger charge is -2.13. The maximum Gasteiger partial charge on any atom is 0.344 e. The van der Waals surface area contributed by atoms with Gasteiger partial charge in [0.15, 0.2) is 11.9 Å². The minimum absolute atomic E-state index is 0.152. The van der Waals surface area contributed by atoms with Crippen LogP contribution in [0.4, 0.5) is 5.69 Å². The number of nitro groups is 1. The molecule has 0 aliphatic carbocycles. The lowest BCUT2D eigenvalue weighted by molar-refractivity contribution is -0.386. The minimum Gasteiger partial charge on any atom is -0.479 e. The Bertz CT molecular complexity index is 459. The van der Waals surface area contributed by atoms with Gasteiger partial charge in [0.2, 0.25) is 0 Å². The molecule has 0 amide bonds. The van der Waals surface area contributed by atoms with Crippen molar-refractivity contribution in [2.75, 3.05) is 0 Å². The Kier molecular flexibility index (Phi) is 4.61. The van der Waals surface area contributed by atoms with Crippen LogP contribution in [-0.4, -0.2) is 27.2 Å². The van der Waals surface area contributed by atoms with Gasteiger partial charge in [-0.15, -0.1) is 0 Å². The van der Waals surface area contributed by atoms with Gasteiger partial charge in [-0.05, 0) is 24.1 Å². The van der Waals surface area contributed by atoms with Crippen molar-refractivity contribution >= 4 is 11.7 Å². The largest absolute Gasteiger partial charge is 0.479 e.